The average molecular weight is 357 g/mol. The summed E-state index contributed by atoms with van der Waals surface area (Å²) in [5.41, 5.74) is -0.106. The number of likely N-dealkylation sites (tertiary alicyclic amines) is 1. The highest BCUT2D eigenvalue weighted by molar-refractivity contribution is 9.10. The quantitative estimate of drug-likeness (QED) is 0.661. The molecule has 2 rings (SSSR count). The van der Waals surface area contributed by atoms with E-state index in [1.54, 1.807) is 6.92 Å². The minimum atomic E-state index is -1.06. The van der Waals surface area contributed by atoms with Crippen molar-refractivity contribution in [2.75, 3.05) is 6.54 Å². The van der Waals surface area contributed by atoms with E-state index in [1.807, 2.05) is 0 Å². The molecule has 1 fully saturated rings. The maximum Gasteiger partial charge on any atom is 0.326 e. The number of nitro groups is 1. The Morgan fingerprint density at radius 3 is 2.71 bits per heavy atom. The number of hydrogen-bond acceptors (Lipinski definition) is 4. The topological polar surface area (TPSA) is 101 Å². The fourth-order valence-electron chi connectivity index (χ4n) is 2.50. The van der Waals surface area contributed by atoms with Crippen molar-refractivity contribution in [1.82, 2.24) is 4.90 Å². The van der Waals surface area contributed by atoms with Crippen LogP contribution in [0.2, 0.25) is 0 Å². The molecule has 0 spiro atoms. The summed E-state index contributed by atoms with van der Waals surface area (Å²) in [7, 11) is 0. The van der Waals surface area contributed by atoms with Gasteiger partial charge in [-0.1, -0.05) is 6.92 Å². The fourth-order valence-corrected chi connectivity index (χ4v) is 2.89. The predicted molar refractivity (Wildman–Crippen MR) is 77.0 cm³/mol. The molecule has 1 amide bonds. The summed E-state index contributed by atoms with van der Waals surface area (Å²) >= 11 is 3.05. The second-order valence-corrected chi connectivity index (χ2v) is 5.83. The van der Waals surface area contributed by atoms with E-state index in [0.29, 0.717) is 13.0 Å². The lowest BCUT2D eigenvalue weighted by Crippen LogP contribution is -2.42. The smallest absolute Gasteiger partial charge is 0.326 e. The van der Waals surface area contributed by atoms with Crippen molar-refractivity contribution < 1.29 is 19.6 Å². The normalized spacial score (nSPS) is 21.3. The van der Waals surface area contributed by atoms with Crippen molar-refractivity contribution in [2.24, 2.45) is 5.92 Å². The molecule has 0 saturated carbocycles. The summed E-state index contributed by atoms with van der Waals surface area (Å²) in [6.07, 6.45) is 0.599. The molecular formula is C13H13BrN2O5. The van der Waals surface area contributed by atoms with Crippen LogP contribution in [0, 0.1) is 16.0 Å². The number of carbonyl (C=O) groups is 2. The van der Waals surface area contributed by atoms with Gasteiger partial charge < -0.3 is 10.0 Å². The molecule has 7 nitrogen and oxygen atoms in total. The van der Waals surface area contributed by atoms with Gasteiger partial charge in [-0.3, -0.25) is 14.9 Å². The third-order valence-electron chi connectivity index (χ3n) is 3.60. The number of rotatable bonds is 3. The molecule has 112 valence electrons. The maximum atomic E-state index is 12.4. The van der Waals surface area contributed by atoms with Gasteiger partial charge in [-0.2, -0.15) is 0 Å². The van der Waals surface area contributed by atoms with E-state index < -0.39 is 22.8 Å². The van der Waals surface area contributed by atoms with Crippen LogP contribution in [-0.4, -0.2) is 39.4 Å². The third-order valence-corrected chi connectivity index (χ3v) is 4.27. The highest BCUT2D eigenvalue weighted by Gasteiger charge is 2.40. The van der Waals surface area contributed by atoms with Gasteiger partial charge in [0, 0.05) is 18.2 Å². The molecule has 0 bridgehead atoms. The number of nitrogens with zero attached hydrogens (tertiary/aromatic N) is 2. The molecular weight excluding hydrogens is 344 g/mol. The van der Waals surface area contributed by atoms with Gasteiger partial charge in [0.05, 0.1) is 9.40 Å². The zero-order valence-electron chi connectivity index (χ0n) is 11.2. The zero-order valence-corrected chi connectivity index (χ0v) is 12.7. The van der Waals surface area contributed by atoms with Gasteiger partial charge in [0.2, 0.25) is 0 Å². The number of carboxylic acid groups (broad SMARTS) is 1. The van der Waals surface area contributed by atoms with Crippen molar-refractivity contribution >= 4 is 33.5 Å². The summed E-state index contributed by atoms with van der Waals surface area (Å²) in [6.45, 7) is 2.11. The number of aliphatic carboxylic acids is 1. The standard InChI is InChI=1S/C13H13BrN2O5/c1-7-4-5-15(11(7)13(18)19)12(17)8-2-3-9(14)10(6-8)16(20)21/h2-3,6-7,11H,4-5H2,1H3,(H,18,19). The van der Waals surface area contributed by atoms with Gasteiger partial charge in [-0.05, 0) is 40.4 Å². The first-order valence-electron chi connectivity index (χ1n) is 6.30. The van der Waals surface area contributed by atoms with Crippen LogP contribution in [0.4, 0.5) is 5.69 Å². The minimum absolute atomic E-state index is 0.116. The molecule has 21 heavy (non-hydrogen) atoms. The summed E-state index contributed by atoms with van der Waals surface area (Å²) in [4.78, 5) is 35.3. The number of hydrogen-bond donors (Lipinski definition) is 1. The van der Waals surface area contributed by atoms with Crippen LogP contribution in [0.15, 0.2) is 22.7 Å². The van der Waals surface area contributed by atoms with Crippen LogP contribution in [0.25, 0.3) is 0 Å². The van der Waals surface area contributed by atoms with Crippen molar-refractivity contribution in [3.05, 3.63) is 38.3 Å². The van der Waals surface area contributed by atoms with Crippen LogP contribution in [-0.2, 0) is 4.79 Å². The summed E-state index contributed by atoms with van der Waals surface area (Å²) < 4.78 is 0.272. The second-order valence-electron chi connectivity index (χ2n) is 4.97. The molecule has 0 aromatic heterocycles. The first-order chi connectivity index (χ1) is 9.82. The molecule has 1 aromatic carbocycles. The largest absolute Gasteiger partial charge is 0.480 e. The predicted octanol–water partition coefficient (Wildman–Crippen LogP) is 2.29. The highest BCUT2D eigenvalue weighted by atomic mass is 79.9. The summed E-state index contributed by atoms with van der Waals surface area (Å²) in [5.74, 6) is -1.70. The molecule has 1 saturated heterocycles. The molecule has 1 N–H and O–H groups in total. The first kappa shape index (κ1) is 15.4. The monoisotopic (exact) mass is 356 g/mol. The number of benzene rings is 1. The number of carboxylic acids is 1. The third kappa shape index (κ3) is 2.90. The lowest BCUT2D eigenvalue weighted by molar-refractivity contribution is -0.385. The lowest BCUT2D eigenvalue weighted by atomic mass is 10.0. The van der Waals surface area contributed by atoms with E-state index in [1.165, 1.54) is 17.0 Å². The maximum absolute atomic E-state index is 12.4. The number of carbonyl (C=O) groups excluding carboxylic acids is 1. The molecule has 0 aliphatic carbocycles. The van der Waals surface area contributed by atoms with E-state index in [4.69, 9.17) is 0 Å². The molecule has 0 radical (unpaired) electrons. The summed E-state index contributed by atoms with van der Waals surface area (Å²) in [5, 5.41) is 20.1. The Hall–Kier alpha value is -1.96. The van der Waals surface area contributed by atoms with Gasteiger partial charge in [-0.25, -0.2) is 4.79 Å². The minimum Gasteiger partial charge on any atom is -0.480 e. The first-order valence-corrected chi connectivity index (χ1v) is 7.10. The lowest BCUT2D eigenvalue weighted by Gasteiger charge is -2.23. The highest BCUT2D eigenvalue weighted by Crippen LogP contribution is 2.29. The van der Waals surface area contributed by atoms with Crippen LogP contribution in [0.3, 0.4) is 0 Å². The number of nitro benzene ring substituents is 1. The van der Waals surface area contributed by atoms with Gasteiger partial charge >= 0.3 is 5.97 Å². The van der Waals surface area contributed by atoms with E-state index in [2.05, 4.69) is 15.9 Å². The molecule has 1 aliphatic heterocycles. The Morgan fingerprint density at radius 2 is 2.14 bits per heavy atom. The van der Waals surface area contributed by atoms with E-state index in [-0.39, 0.29) is 21.6 Å². The van der Waals surface area contributed by atoms with Crippen LogP contribution in [0.1, 0.15) is 23.7 Å². The Kier molecular flexibility index (Phi) is 4.26. The van der Waals surface area contributed by atoms with E-state index in [9.17, 15) is 24.8 Å². The van der Waals surface area contributed by atoms with Gasteiger partial charge in [-0.15, -0.1) is 0 Å². The van der Waals surface area contributed by atoms with Crippen molar-refractivity contribution in [1.29, 1.82) is 0 Å². The Balaban J connectivity index is 2.34. The van der Waals surface area contributed by atoms with Crippen molar-refractivity contribution in [3.63, 3.8) is 0 Å². The molecule has 1 heterocycles. The molecule has 1 aromatic rings. The number of amides is 1. The van der Waals surface area contributed by atoms with E-state index >= 15 is 0 Å². The Morgan fingerprint density at radius 1 is 1.48 bits per heavy atom. The van der Waals surface area contributed by atoms with Gasteiger partial charge in [0.1, 0.15) is 6.04 Å². The SMILES string of the molecule is CC1CCN(C(=O)c2ccc(Br)c([N+](=O)[O-])c2)C1C(=O)O. The Labute approximate surface area is 128 Å². The van der Waals surface area contributed by atoms with Gasteiger partial charge in [0.25, 0.3) is 11.6 Å². The second kappa shape index (κ2) is 5.80. The number of halogens is 1. The van der Waals surface area contributed by atoms with Crippen LogP contribution in [0.5, 0.6) is 0 Å². The van der Waals surface area contributed by atoms with Gasteiger partial charge in [0.15, 0.2) is 0 Å². The fraction of sp³-hybridized carbons (Fsp3) is 0.385. The molecule has 2 unspecified atom stereocenters. The van der Waals surface area contributed by atoms with Crippen LogP contribution >= 0.6 is 15.9 Å². The summed E-state index contributed by atoms with van der Waals surface area (Å²) in [6, 6.07) is 3.14. The van der Waals surface area contributed by atoms with Crippen molar-refractivity contribution in [2.45, 2.75) is 19.4 Å². The average Bonchev–Trinajstić information content (AvgIpc) is 2.80. The Bertz CT molecular complexity index is 619. The molecule has 1 aliphatic rings. The zero-order chi connectivity index (χ0) is 15.7. The molecule has 8 heteroatoms. The van der Waals surface area contributed by atoms with E-state index in [0.717, 1.165) is 6.07 Å². The van der Waals surface area contributed by atoms with Crippen LogP contribution < -0.4 is 0 Å². The molecule has 2 atom stereocenters. The van der Waals surface area contributed by atoms with Crippen molar-refractivity contribution in [3.8, 4) is 0 Å².